The summed E-state index contributed by atoms with van der Waals surface area (Å²) in [6.45, 7) is 2.40. The third-order valence-electron chi connectivity index (χ3n) is 2.60. The Morgan fingerprint density at radius 3 is 2.90 bits per heavy atom. The van der Waals surface area contributed by atoms with Crippen molar-refractivity contribution in [2.24, 2.45) is 5.73 Å². The molecule has 0 spiro atoms. The Labute approximate surface area is 125 Å². The van der Waals surface area contributed by atoms with Gasteiger partial charge in [-0.3, -0.25) is 0 Å². The van der Waals surface area contributed by atoms with Crippen LogP contribution in [0.15, 0.2) is 38.8 Å². The highest BCUT2D eigenvalue weighted by Crippen LogP contribution is 2.26. The first kappa shape index (κ1) is 15.2. The van der Waals surface area contributed by atoms with Crippen LogP contribution in [0, 0.1) is 0 Å². The molecule has 20 heavy (non-hydrogen) atoms. The number of hydrogen-bond acceptors (Lipinski definition) is 5. The molecule has 0 aliphatic heterocycles. The van der Waals surface area contributed by atoms with Crippen LogP contribution in [0.25, 0.3) is 0 Å². The van der Waals surface area contributed by atoms with E-state index >= 15 is 0 Å². The van der Waals surface area contributed by atoms with Crippen molar-refractivity contribution in [3.63, 3.8) is 0 Å². The molecule has 0 bridgehead atoms. The Hall–Kier alpha value is -1.16. The second-order valence-corrected chi connectivity index (χ2v) is 6.74. The zero-order valence-corrected chi connectivity index (χ0v) is 13.2. The van der Waals surface area contributed by atoms with Gasteiger partial charge in [0.2, 0.25) is 10.0 Å². The maximum Gasteiger partial charge on any atom is 0.245 e. The molecule has 0 fully saturated rings. The molecule has 2 aromatic rings. The van der Waals surface area contributed by atoms with Gasteiger partial charge in [-0.15, -0.1) is 0 Å². The van der Waals surface area contributed by atoms with E-state index < -0.39 is 10.0 Å². The van der Waals surface area contributed by atoms with Crippen LogP contribution < -0.4 is 10.5 Å². The average Bonchev–Trinajstić information content (AvgIpc) is 2.97. The van der Waals surface area contributed by atoms with Crippen molar-refractivity contribution >= 4 is 26.0 Å². The van der Waals surface area contributed by atoms with E-state index in [1.807, 2.05) is 0 Å². The molecule has 0 radical (unpaired) electrons. The van der Waals surface area contributed by atoms with Crippen molar-refractivity contribution in [3.8, 4) is 0 Å². The van der Waals surface area contributed by atoms with Crippen LogP contribution in [0.2, 0.25) is 0 Å². The largest absolute Gasteiger partial charge is 0.452 e. The predicted octanol–water partition coefficient (Wildman–Crippen LogP) is 1.06. The van der Waals surface area contributed by atoms with Gasteiger partial charge in [0.05, 0.1) is 12.9 Å². The minimum absolute atomic E-state index is 0.0513. The van der Waals surface area contributed by atoms with Crippen molar-refractivity contribution in [2.75, 3.05) is 0 Å². The van der Waals surface area contributed by atoms with Crippen LogP contribution in [0.5, 0.6) is 0 Å². The summed E-state index contributed by atoms with van der Waals surface area (Å²) < 4.78 is 34.2. The van der Waals surface area contributed by atoms with Gasteiger partial charge in [-0.2, -0.15) is 0 Å². The molecule has 0 saturated heterocycles. The van der Waals surface area contributed by atoms with Crippen molar-refractivity contribution in [1.82, 2.24) is 14.3 Å². The van der Waals surface area contributed by atoms with Crippen molar-refractivity contribution < 1.29 is 12.8 Å². The van der Waals surface area contributed by atoms with Gasteiger partial charge in [0.25, 0.3) is 0 Å². The number of nitrogens with zero attached hydrogens (tertiary/aromatic N) is 2. The topological polar surface area (TPSA) is 103 Å². The summed E-state index contributed by atoms with van der Waals surface area (Å²) in [6.07, 6.45) is 5.04. The molecule has 2 heterocycles. The Morgan fingerprint density at radius 2 is 2.35 bits per heavy atom. The SMILES string of the molecule is CC(Cn1ccnc1)NS(=O)(=O)c1cc(CN)oc1Br. The van der Waals surface area contributed by atoms with E-state index in [4.69, 9.17) is 10.2 Å². The number of halogens is 1. The van der Waals surface area contributed by atoms with Gasteiger partial charge >= 0.3 is 0 Å². The van der Waals surface area contributed by atoms with Crippen molar-refractivity contribution in [3.05, 3.63) is 35.2 Å². The highest BCUT2D eigenvalue weighted by Gasteiger charge is 2.24. The lowest BCUT2D eigenvalue weighted by Crippen LogP contribution is -2.35. The molecule has 3 N–H and O–H groups in total. The van der Waals surface area contributed by atoms with Crippen LogP contribution in [-0.2, 0) is 23.1 Å². The first-order valence-corrected chi connectivity index (χ1v) is 8.16. The fourth-order valence-electron chi connectivity index (χ4n) is 1.76. The van der Waals surface area contributed by atoms with E-state index in [0.717, 1.165) is 0 Å². The zero-order chi connectivity index (χ0) is 14.8. The average molecular weight is 363 g/mol. The first-order chi connectivity index (χ1) is 9.42. The predicted molar refractivity (Wildman–Crippen MR) is 76.3 cm³/mol. The van der Waals surface area contributed by atoms with Gasteiger partial charge in [-0.1, -0.05) is 0 Å². The lowest BCUT2D eigenvalue weighted by Gasteiger charge is -2.13. The molecule has 0 amide bonds. The summed E-state index contributed by atoms with van der Waals surface area (Å²) >= 11 is 3.09. The number of hydrogen-bond donors (Lipinski definition) is 2. The van der Waals surface area contributed by atoms with E-state index in [9.17, 15) is 8.42 Å². The quantitative estimate of drug-likeness (QED) is 0.799. The fourth-order valence-corrected chi connectivity index (χ4v) is 3.99. The number of sulfonamides is 1. The van der Waals surface area contributed by atoms with Gasteiger partial charge in [0.1, 0.15) is 10.7 Å². The second-order valence-electron chi connectivity index (χ2n) is 4.34. The molecule has 9 heteroatoms. The highest BCUT2D eigenvalue weighted by atomic mass is 79.9. The highest BCUT2D eigenvalue weighted by molar-refractivity contribution is 9.10. The summed E-state index contributed by atoms with van der Waals surface area (Å²) in [4.78, 5) is 3.96. The molecule has 2 aromatic heterocycles. The summed E-state index contributed by atoms with van der Waals surface area (Å²) in [5, 5.41) is 0. The van der Waals surface area contributed by atoms with Gasteiger partial charge in [0.15, 0.2) is 4.67 Å². The molecule has 110 valence electrons. The van der Waals surface area contributed by atoms with Crippen LogP contribution in [0.3, 0.4) is 0 Å². The van der Waals surface area contributed by atoms with Gasteiger partial charge in [-0.25, -0.2) is 18.1 Å². The molecular weight excluding hydrogens is 348 g/mol. The monoisotopic (exact) mass is 362 g/mol. The first-order valence-electron chi connectivity index (χ1n) is 5.88. The number of furan rings is 1. The maximum atomic E-state index is 12.3. The van der Waals surface area contributed by atoms with E-state index in [2.05, 4.69) is 25.6 Å². The van der Waals surface area contributed by atoms with E-state index in [0.29, 0.717) is 12.3 Å². The molecule has 2 rings (SSSR count). The molecule has 1 unspecified atom stereocenters. The number of rotatable bonds is 6. The number of imidazole rings is 1. The van der Waals surface area contributed by atoms with Crippen LogP contribution in [0.1, 0.15) is 12.7 Å². The Morgan fingerprint density at radius 1 is 1.60 bits per heavy atom. The Kier molecular flexibility index (Phi) is 4.63. The molecule has 0 aromatic carbocycles. The van der Waals surface area contributed by atoms with E-state index in [1.165, 1.54) is 6.07 Å². The smallest absolute Gasteiger partial charge is 0.245 e. The van der Waals surface area contributed by atoms with Gasteiger partial charge in [0, 0.05) is 31.0 Å². The molecule has 0 aliphatic rings. The summed E-state index contributed by atoms with van der Waals surface area (Å²) in [5.41, 5.74) is 5.43. The molecular formula is C11H15BrN4O3S. The van der Waals surface area contributed by atoms with Gasteiger partial charge in [-0.05, 0) is 22.9 Å². The number of nitrogens with one attached hydrogen (secondary N) is 1. The lowest BCUT2D eigenvalue weighted by atomic mass is 10.4. The van der Waals surface area contributed by atoms with Crippen molar-refractivity contribution in [1.29, 1.82) is 0 Å². The zero-order valence-electron chi connectivity index (χ0n) is 10.8. The third kappa shape index (κ3) is 3.48. The molecule has 1 atom stereocenters. The summed E-state index contributed by atoms with van der Waals surface area (Å²) in [6, 6.07) is 1.12. The number of aromatic nitrogens is 2. The summed E-state index contributed by atoms with van der Waals surface area (Å²) in [5.74, 6) is 0.402. The molecule has 0 aliphatic carbocycles. The van der Waals surface area contributed by atoms with E-state index in [-0.39, 0.29) is 22.2 Å². The second kappa shape index (κ2) is 6.08. The van der Waals surface area contributed by atoms with Crippen molar-refractivity contribution in [2.45, 2.75) is 31.0 Å². The van der Waals surface area contributed by atoms with Crippen LogP contribution in [-0.4, -0.2) is 24.0 Å². The van der Waals surface area contributed by atoms with Crippen LogP contribution >= 0.6 is 15.9 Å². The summed E-state index contributed by atoms with van der Waals surface area (Å²) in [7, 11) is -3.66. The molecule has 0 saturated carbocycles. The standard InChI is InChI=1S/C11H15BrN4O3S/c1-8(6-16-3-2-14-7-16)15-20(17,18)10-4-9(5-13)19-11(10)12/h2-4,7-8,15H,5-6,13H2,1H3. The Balaban J connectivity index is 2.12. The fraction of sp³-hybridized carbons (Fsp3) is 0.364. The van der Waals surface area contributed by atoms with Crippen LogP contribution in [0.4, 0.5) is 0 Å². The lowest BCUT2D eigenvalue weighted by molar-refractivity contribution is 0.481. The minimum Gasteiger partial charge on any atom is -0.452 e. The van der Waals surface area contributed by atoms with E-state index in [1.54, 1.807) is 30.2 Å². The normalized spacial score (nSPS) is 13.6. The minimum atomic E-state index is -3.66. The molecule has 7 nitrogen and oxygen atoms in total. The Bertz CT molecular complexity index is 666. The third-order valence-corrected chi connectivity index (χ3v) is 5.04. The maximum absolute atomic E-state index is 12.3. The van der Waals surface area contributed by atoms with Gasteiger partial charge < -0.3 is 14.7 Å². The number of nitrogens with two attached hydrogens (primary N) is 1.